The molecule has 0 aliphatic heterocycles. The van der Waals surface area contributed by atoms with Crippen LogP contribution in [0.25, 0.3) is 11.1 Å². The zero-order chi connectivity index (χ0) is 24.7. The highest BCUT2D eigenvalue weighted by Gasteiger charge is 2.33. The molecule has 6 nitrogen and oxygen atoms in total. The number of anilines is 1. The molecule has 1 N–H and O–H groups in total. The van der Waals surface area contributed by atoms with Crippen molar-refractivity contribution in [3.63, 3.8) is 0 Å². The van der Waals surface area contributed by atoms with Crippen LogP contribution in [0.2, 0.25) is 0 Å². The second-order valence-electron chi connectivity index (χ2n) is 7.34. The van der Waals surface area contributed by atoms with Crippen LogP contribution in [0.3, 0.4) is 0 Å². The third kappa shape index (κ3) is 6.36. The Labute approximate surface area is 194 Å². The van der Waals surface area contributed by atoms with E-state index < -0.39 is 30.1 Å². The molecule has 2 amide bonds. The van der Waals surface area contributed by atoms with Gasteiger partial charge in [-0.3, -0.25) is 9.59 Å². The first-order valence-corrected chi connectivity index (χ1v) is 10.1. The van der Waals surface area contributed by atoms with Crippen LogP contribution in [-0.2, 0) is 15.8 Å². The molecule has 34 heavy (non-hydrogen) atoms. The van der Waals surface area contributed by atoms with Gasteiger partial charge in [-0.1, -0.05) is 36.4 Å². The molecule has 0 saturated carbocycles. The molecule has 3 aromatic carbocycles. The average molecular weight is 467 g/mol. The van der Waals surface area contributed by atoms with E-state index in [9.17, 15) is 22.8 Å². The summed E-state index contributed by atoms with van der Waals surface area (Å²) in [6, 6.07) is 20.7. The van der Waals surface area contributed by atoms with Crippen LogP contribution in [0.1, 0.15) is 11.1 Å². The number of likely N-dealkylation sites (N-methyl/N-ethyl adjacent to an activating group) is 1. The van der Waals surface area contributed by atoms with Crippen molar-refractivity contribution < 1.29 is 27.5 Å². The number of benzene rings is 3. The highest BCUT2D eigenvalue weighted by molar-refractivity contribution is 5.95. The minimum atomic E-state index is -4.62. The van der Waals surface area contributed by atoms with Crippen molar-refractivity contribution in [1.29, 1.82) is 5.26 Å². The number of nitrogens with one attached hydrogen (secondary N) is 1. The molecule has 0 bridgehead atoms. The Balaban J connectivity index is 1.52. The third-order valence-corrected chi connectivity index (χ3v) is 4.88. The summed E-state index contributed by atoms with van der Waals surface area (Å²) in [6.45, 7) is -0.787. The molecule has 174 valence electrons. The lowest BCUT2D eigenvalue weighted by atomic mass is 10.0. The number of carbonyl (C=O) groups is 2. The number of rotatable bonds is 7. The normalized spacial score (nSPS) is 10.8. The molecule has 3 aromatic rings. The zero-order valence-electron chi connectivity index (χ0n) is 18.1. The summed E-state index contributed by atoms with van der Waals surface area (Å²) in [6.07, 6.45) is -4.62. The van der Waals surface area contributed by atoms with Crippen molar-refractivity contribution in [3.8, 4) is 22.9 Å². The lowest BCUT2D eigenvalue weighted by molar-refractivity contribution is -0.137. The summed E-state index contributed by atoms with van der Waals surface area (Å²) >= 11 is 0. The number of alkyl halides is 3. The van der Waals surface area contributed by atoms with Crippen molar-refractivity contribution in [2.24, 2.45) is 0 Å². The zero-order valence-corrected chi connectivity index (χ0v) is 18.1. The van der Waals surface area contributed by atoms with Crippen LogP contribution in [0, 0.1) is 11.3 Å². The van der Waals surface area contributed by atoms with Gasteiger partial charge in [0, 0.05) is 7.05 Å². The summed E-state index contributed by atoms with van der Waals surface area (Å²) in [5.74, 6) is -0.850. The van der Waals surface area contributed by atoms with E-state index in [-0.39, 0.29) is 12.3 Å². The Morgan fingerprint density at radius 1 is 0.971 bits per heavy atom. The minimum Gasteiger partial charge on any atom is -0.484 e. The Morgan fingerprint density at radius 3 is 2.15 bits per heavy atom. The number of amides is 2. The monoisotopic (exact) mass is 467 g/mol. The maximum atomic E-state index is 13.1. The number of nitriles is 1. The molecule has 0 aromatic heterocycles. The van der Waals surface area contributed by atoms with E-state index in [1.807, 2.05) is 12.1 Å². The highest BCUT2D eigenvalue weighted by atomic mass is 19.4. The number of ether oxygens (including phenoxy) is 1. The molecular weight excluding hydrogens is 447 g/mol. The lowest BCUT2D eigenvalue weighted by Crippen LogP contribution is -2.37. The fourth-order valence-electron chi connectivity index (χ4n) is 3.07. The van der Waals surface area contributed by atoms with Gasteiger partial charge in [0.15, 0.2) is 6.61 Å². The second-order valence-corrected chi connectivity index (χ2v) is 7.34. The fourth-order valence-corrected chi connectivity index (χ4v) is 3.07. The standard InChI is InChI=1S/C25H20F3N3O3/c1-31(15-23(32)30-22-5-3-2-4-21(22)25(26,27)28)24(33)16-34-20-12-10-19(11-13-20)18-8-6-17(14-29)7-9-18/h2-13H,15-16H2,1H3,(H,30,32). The summed E-state index contributed by atoms with van der Waals surface area (Å²) in [7, 11) is 1.36. The van der Waals surface area contributed by atoms with Gasteiger partial charge in [-0.2, -0.15) is 18.4 Å². The van der Waals surface area contributed by atoms with Gasteiger partial charge in [0.05, 0.1) is 29.4 Å². The van der Waals surface area contributed by atoms with Crippen molar-refractivity contribution in [2.45, 2.75) is 6.18 Å². The van der Waals surface area contributed by atoms with Gasteiger partial charge in [-0.15, -0.1) is 0 Å². The van der Waals surface area contributed by atoms with Gasteiger partial charge in [0.2, 0.25) is 5.91 Å². The van der Waals surface area contributed by atoms with Gasteiger partial charge in [0.1, 0.15) is 5.75 Å². The van der Waals surface area contributed by atoms with Gasteiger partial charge in [-0.25, -0.2) is 0 Å². The molecule has 0 unspecified atom stereocenters. The van der Waals surface area contributed by atoms with E-state index in [4.69, 9.17) is 10.00 Å². The van der Waals surface area contributed by atoms with Gasteiger partial charge >= 0.3 is 6.18 Å². The minimum absolute atomic E-state index is 0.348. The Hall–Kier alpha value is -4.32. The maximum Gasteiger partial charge on any atom is 0.418 e. The van der Waals surface area contributed by atoms with E-state index in [0.29, 0.717) is 11.3 Å². The van der Waals surface area contributed by atoms with E-state index in [0.717, 1.165) is 28.2 Å². The quantitative estimate of drug-likeness (QED) is 0.545. The first kappa shape index (κ1) is 24.3. The first-order chi connectivity index (χ1) is 16.2. The lowest BCUT2D eigenvalue weighted by Gasteiger charge is -2.18. The second kappa shape index (κ2) is 10.5. The van der Waals surface area contributed by atoms with Crippen molar-refractivity contribution in [3.05, 3.63) is 83.9 Å². The molecule has 0 aliphatic rings. The number of para-hydroxylation sites is 1. The summed E-state index contributed by atoms with van der Waals surface area (Å²) < 4.78 is 44.6. The predicted molar refractivity (Wildman–Crippen MR) is 120 cm³/mol. The molecule has 9 heteroatoms. The Morgan fingerprint density at radius 2 is 1.56 bits per heavy atom. The Kier molecular flexibility index (Phi) is 7.53. The van der Waals surface area contributed by atoms with E-state index in [1.54, 1.807) is 36.4 Å². The fraction of sp³-hybridized carbons (Fsp3) is 0.160. The van der Waals surface area contributed by atoms with Crippen molar-refractivity contribution >= 4 is 17.5 Å². The van der Waals surface area contributed by atoms with Gasteiger partial charge < -0.3 is 15.0 Å². The largest absolute Gasteiger partial charge is 0.484 e. The van der Waals surface area contributed by atoms with Gasteiger partial charge in [-0.05, 0) is 47.5 Å². The maximum absolute atomic E-state index is 13.1. The van der Waals surface area contributed by atoms with Crippen LogP contribution >= 0.6 is 0 Å². The third-order valence-electron chi connectivity index (χ3n) is 4.88. The number of nitrogens with zero attached hydrogens (tertiary/aromatic N) is 2. The summed E-state index contributed by atoms with van der Waals surface area (Å²) in [4.78, 5) is 25.5. The van der Waals surface area contributed by atoms with E-state index >= 15 is 0 Å². The molecule has 0 radical (unpaired) electrons. The average Bonchev–Trinajstić information content (AvgIpc) is 2.82. The first-order valence-electron chi connectivity index (χ1n) is 10.1. The molecule has 0 atom stereocenters. The number of hydrogen-bond donors (Lipinski definition) is 1. The predicted octanol–water partition coefficient (Wildman–Crippen LogP) is 4.72. The van der Waals surface area contributed by atoms with Crippen LogP contribution in [0.4, 0.5) is 18.9 Å². The summed E-state index contributed by atoms with van der Waals surface area (Å²) in [5, 5.41) is 11.1. The van der Waals surface area contributed by atoms with Crippen LogP contribution in [0.15, 0.2) is 72.8 Å². The number of carbonyl (C=O) groups excluding carboxylic acids is 2. The molecule has 0 fully saturated rings. The summed E-state index contributed by atoms with van der Waals surface area (Å²) in [5.41, 5.74) is 1.03. The molecule has 0 heterocycles. The molecular formula is C25H20F3N3O3. The number of hydrogen-bond acceptors (Lipinski definition) is 4. The SMILES string of the molecule is CN(CC(=O)Nc1ccccc1C(F)(F)F)C(=O)COc1ccc(-c2ccc(C#N)cc2)cc1. The van der Waals surface area contributed by atoms with Crippen molar-refractivity contribution in [1.82, 2.24) is 4.90 Å². The van der Waals surface area contributed by atoms with Crippen molar-refractivity contribution in [2.75, 3.05) is 25.5 Å². The molecule has 0 aliphatic carbocycles. The van der Waals surface area contributed by atoms with Crippen LogP contribution in [0.5, 0.6) is 5.75 Å². The molecule has 0 saturated heterocycles. The molecule has 0 spiro atoms. The van der Waals surface area contributed by atoms with Gasteiger partial charge in [0.25, 0.3) is 5.91 Å². The molecule has 3 rings (SSSR count). The van der Waals surface area contributed by atoms with Crippen LogP contribution in [-0.4, -0.2) is 36.9 Å². The van der Waals surface area contributed by atoms with E-state index in [1.165, 1.54) is 19.2 Å². The van der Waals surface area contributed by atoms with E-state index in [2.05, 4.69) is 11.4 Å². The Bertz CT molecular complexity index is 1200. The number of halogens is 3. The topological polar surface area (TPSA) is 82.4 Å². The smallest absolute Gasteiger partial charge is 0.418 e. The van der Waals surface area contributed by atoms with Crippen LogP contribution < -0.4 is 10.1 Å². The highest BCUT2D eigenvalue weighted by Crippen LogP contribution is 2.34.